The fourth-order valence-electron chi connectivity index (χ4n) is 4.35. The topological polar surface area (TPSA) is 64.4 Å². The second kappa shape index (κ2) is 7.21. The number of carbonyl (C=O) groups excluding carboxylic acids is 2. The van der Waals surface area contributed by atoms with Crippen LogP contribution in [0.5, 0.6) is 0 Å². The molecule has 2 heterocycles. The quantitative estimate of drug-likeness (QED) is 0.716. The lowest BCUT2D eigenvalue weighted by Gasteiger charge is -2.39. The molecule has 1 fully saturated rings. The number of fused-ring (bicyclic) bond motifs is 1. The number of hydrogen-bond donors (Lipinski definition) is 0. The standard InChI is InChI=1S/C23H21F2N3O2/c1-22(24,25)15-28-20(29)17-8-5-9-18(19(17)21(28)30)27-12-10-23(14-26,11-13-27)16-6-3-2-4-7-16/h2-9H,10-13,15H2,1H3. The van der Waals surface area contributed by atoms with Gasteiger partial charge in [-0.05, 0) is 30.5 Å². The summed E-state index contributed by atoms with van der Waals surface area (Å²) in [6, 6.07) is 17.0. The Hall–Kier alpha value is -3.27. The minimum atomic E-state index is -3.17. The molecule has 2 aromatic carbocycles. The van der Waals surface area contributed by atoms with Gasteiger partial charge in [-0.15, -0.1) is 0 Å². The average molecular weight is 409 g/mol. The summed E-state index contributed by atoms with van der Waals surface area (Å²) in [5, 5.41) is 9.88. The van der Waals surface area contributed by atoms with Crippen LogP contribution in [0.4, 0.5) is 14.5 Å². The van der Waals surface area contributed by atoms with E-state index >= 15 is 0 Å². The zero-order valence-corrected chi connectivity index (χ0v) is 16.6. The molecule has 0 saturated carbocycles. The number of anilines is 1. The minimum absolute atomic E-state index is 0.155. The molecule has 154 valence electrons. The van der Waals surface area contributed by atoms with Crippen LogP contribution in [0.2, 0.25) is 0 Å². The fraction of sp³-hybridized carbons (Fsp3) is 0.348. The van der Waals surface area contributed by atoms with E-state index in [1.165, 1.54) is 6.07 Å². The molecule has 0 spiro atoms. The second-order valence-corrected chi connectivity index (χ2v) is 8.01. The van der Waals surface area contributed by atoms with Crippen LogP contribution < -0.4 is 4.90 Å². The Balaban J connectivity index is 1.61. The first kappa shape index (κ1) is 20.0. The lowest BCUT2D eigenvalue weighted by molar-refractivity contribution is -0.00665. The van der Waals surface area contributed by atoms with Crippen LogP contribution in [0.3, 0.4) is 0 Å². The van der Waals surface area contributed by atoms with Gasteiger partial charge in [0.25, 0.3) is 17.7 Å². The van der Waals surface area contributed by atoms with Gasteiger partial charge < -0.3 is 4.90 Å². The van der Waals surface area contributed by atoms with Gasteiger partial charge in [0.2, 0.25) is 0 Å². The summed E-state index contributed by atoms with van der Waals surface area (Å²) in [7, 11) is 0. The molecule has 0 radical (unpaired) electrons. The van der Waals surface area contributed by atoms with Crippen LogP contribution in [-0.4, -0.2) is 42.3 Å². The van der Waals surface area contributed by atoms with Crippen LogP contribution in [0.1, 0.15) is 46.0 Å². The Morgan fingerprint density at radius 2 is 1.70 bits per heavy atom. The predicted molar refractivity (Wildman–Crippen MR) is 108 cm³/mol. The molecule has 0 atom stereocenters. The van der Waals surface area contributed by atoms with Gasteiger partial charge in [0, 0.05) is 20.0 Å². The van der Waals surface area contributed by atoms with Crippen molar-refractivity contribution in [3.63, 3.8) is 0 Å². The van der Waals surface area contributed by atoms with Crippen LogP contribution in [-0.2, 0) is 5.41 Å². The van der Waals surface area contributed by atoms with Gasteiger partial charge in [-0.1, -0.05) is 36.4 Å². The molecule has 2 aliphatic rings. The van der Waals surface area contributed by atoms with Crippen molar-refractivity contribution in [3.8, 4) is 6.07 Å². The number of alkyl halides is 2. The van der Waals surface area contributed by atoms with Gasteiger partial charge in [-0.3, -0.25) is 14.5 Å². The van der Waals surface area contributed by atoms with Crippen molar-refractivity contribution in [2.75, 3.05) is 24.5 Å². The van der Waals surface area contributed by atoms with Gasteiger partial charge in [-0.2, -0.15) is 5.26 Å². The summed E-state index contributed by atoms with van der Waals surface area (Å²) in [4.78, 5) is 28.0. The highest BCUT2D eigenvalue weighted by molar-refractivity contribution is 6.23. The van der Waals surface area contributed by atoms with Crippen molar-refractivity contribution in [3.05, 3.63) is 65.2 Å². The average Bonchev–Trinajstić information content (AvgIpc) is 2.98. The molecule has 4 rings (SSSR count). The summed E-state index contributed by atoms with van der Waals surface area (Å²) in [5.74, 6) is -4.54. The number of hydrogen-bond acceptors (Lipinski definition) is 4. The molecule has 0 aliphatic carbocycles. The summed E-state index contributed by atoms with van der Waals surface area (Å²) in [6.45, 7) is 0.784. The monoisotopic (exact) mass is 409 g/mol. The zero-order valence-electron chi connectivity index (χ0n) is 16.6. The number of piperidine rings is 1. The molecule has 0 bridgehead atoms. The van der Waals surface area contributed by atoms with E-state index in [0.29, 0.717) is 43.4 Å². The maximum Gasteiger partial charge on any atom is 0.263 e. The molecular formula is C23H21F2N3O2. The lowest BCUT2D eigenvalue weighted by atomic mass is 9.74. The summed E-state index contributed by atoms with van der Waals surface area (Å²) >= 11 is 0. The number of carbonyl (C=O) groups is 2. The number of halogens is 2. The van der Waals surface area contributed by atoms with E-state index in [-0.39, 0.29) is 11.1 Å². The molecule has 0 aromatic heterocycles. The van der Waals surface area contributed by atoms with E-state index < -0.39 is 29.7 Å². The van der Waals surface area contributed by atoms with Gasteiger partial charge >= 0.3 is 0 Å². The third-order valence-corrected chi connectivity index (χ3v) is 5.91. The summed E-state index contributed by atoms with van der Waals surface area (Å²) in [6.07, 6.45) is 1.13. The number of nitriles is 1. The molecular weight excluding hydrogens is 388 g/mol. The van der Waals surface area contributed by atoms with Crippen LogP contribution in [0, 0.1) is 11.3 Å². The van der Waals surface area contributed by atoms with Crippen LogP contribution >= 0.6 is 0 Å². The van der Waals surface area contributed by atoms with Crippen LogP contribution in [0.15, 0.2) is 48.5 Å². The molecule has 7 heteroatoms. The van der Waals surface area contributed by atoms with Crippen molar-refractivity contribution in [2.24, 2.45) is 0 Å². The first-order valence-corrected chi connectivity index (χ1v) is 9.84. The lowest BCUT2D eigenvalue weighted by Crippen LogP contribution is -2.42. The van der Waals surface area contributed by atoms with Gasteiger partial charge in [0.15, 0.2) is 0 Å². The summed E-state index contributed by atoms with van der Waals surface area (Å²) in [5.41, 5.74) is 1.25. The maximum atomic E-state index is 13.5. The number of nitrogens with zero attached hydrogens (tertiary/aromatic N) is 3. The Labute approximate surface area is 173 Å². The van der Waals surface area contributed by atoms with Crippen molar-refractivity contribution >= 4 is 17.5 Å². The molecule has 2 aliphatic heterocycles. The van der Waals surface area contributed by atoms with E-state index in [4.69, 9.17) is 0 Å². The molecule has 2 aromatic rings. The highest BCUT2D eigenvalue weighted by atomic mass is 19.3. The SMILES string of the molecule is CC(F)(F)CN1C(=O)c2cccc(N3CCC(C#N)(c4ccccc4)CC3)c2C1=O. The normalized spacial score (nSPS) is 18.3. The third-order valence-electron chi connectivity index (χ3n) is 5.91. The van der Waals surface area contributed by atoms with Gasteiger partial charge in [-0.25, -0.2) is 8.78 Å². The Morgan fingerprint density at radius 3 is 2.30 bits per heavy atom. The van der Waals surface area contributed by atoms with E-state index in [1.807, 2.05) is 35.2 Å². The first-order chi connectivity index (χ1) is 14.3. The zero-order chi connectivity index (χ0) is 21.5. The molecule has 2 amide bonds. The van der Waals surface area contributed by atoms with Crippen molar-refractivity contribution < 1.29 is 18.4 Å². The molecule has 0 unspecified atom stereocenters. The largest absolute Gasteiger partial charge is 0.371 e. The highest BCUT2D eigenvalue weighted by Crippen LogP contribution is 2.39. The summed E-state index contributed by atoms with van der Waals surface area (Å²) < 4.78 is 27.0. The minimum Gasteiger partial charge on any atom is -0.371 e. The molecule has 30 heavy (non-hydrogen) atoms. The number of amides is 2. The molecule has 1 saturated heterocycles. The number of imide groups is 1. The van der Waals surface area contributed by atoms with E-state index in [0.717, 1.165) is 5.56 Å². The highest BCUT2D eigenvalue weighted by Gasteiger charge is 2.43. The smallest absolute Gasteiger partial charge is 0.263 e. The maximum absolute atomic E-state index is 13.5. The van der Waals surface area contributed by atoms with Crippen LogP contribution in [0.25, 0.3) is 0 Å². The number of rotatable bonds is 4. The van der Waals surface area contributed by atoms with Crippen molar-refractivity contribution in [1.82, 2.24) is 4.90 Å². The van der Waals surface area contributed by atoms with E-state index in [1.54, 1.807) is 12.1 Å². The van der Waals surface area contributed by atoms with Crippen molar-refractivity contribution in [2.45, 2.75) is 31.1 Å². The van der Waals surface area contributed by atoms with E-state index in [2.05, 4.69) is 6.07 Å². The second-order valence-electron chi connectivity index (χ2n) is 8.01. The van der Waals surface area contributed by atoms with Gasteiger partial charge in [0.1, 0.15) is 0 Å². The third kappa shape index (κ3) is 3.32. The molecule has 5 nitrogen and oxygen atoms in total. The fourth-order valence-corrected chi connectivity index (χ4v) is 4.35. The van der Waals surface area contributed by atoms with Gasteiger partial charge in [0.05, 0.1) is 34.8 Å². The number of benzene rings is 2. The predicted octanol–water partition coefficient (Wildman–Crippen LogP) is 4.00. The Morgan fingerprint density at radius 1 is 1.03 bits per heavy atom. The molecule has 0 N–H and O–H groups in total. The first-order valence-electron chi connectivity index (χ1n) is 9.84. The van der Waals surface area contributed by atoms with E-state index in [9.17, 15) is 23.6 Å². The Bertz CT molecular complexity index is 1030. The van der Waals surface area contributed by atoms with Crippen molar-refractivity contribution in [1.29, 1.82) is 5.26 Å². The Kier molecular flexibility index (Phi) is 4.81.